The number of halogens is 1. The quantitative estimate of drug-likeness (QED) is 0.329. The van der Waals surface area contributed by atoms with E-state index in [4.69, 9.17) is 9.47 Å². The van der Waals surface area contributed by atoms with Crippen molar-refractivity contribution in [1.29, 1.82) is 0 Å². The van der Waals surface area contributed by atoms with Crippen LogP contribution in [0.4, 0.5) is 0 Å². The molecule has 1 aliphatic rings. The number of alkyl halides is 1. The normalized spacial score (nSPS) is 22.2. The molecule has 5 heteroatoms. The number of hydrogen-bond acceptors (Lipinski definition) is 4. The van der Waals surface area contributed by atoms with Gasteiger partial charge in [0.1, 0.15) is 0 Å². The summed E-state index contributed by atoms with van der Waals surface area (Å²) >= 11 is 2.29. The van der Waals surface area contributed by atoms with Crippen molar-refractivity contribution in [3.05, 3.63) is 0 Å². The summed E-state index contributed by atoms with van der Waals surface area (Å²) in [6.07, 6.45) is 2.01. The summed E-state index contributed by atoms with van der Waals surface area (Å²) in [5.74, 6) is -0.416. The summed E-state index contributed by atoms with van der Waals surface area (Å²) in [5.41, 5.74) is -1.04. The first-order chi connectivity index (χ1) is 8.10. The molecule has 0 amide bonds. The highest BCUT2D eigenvalue weighted by atomic mass is 127. The number of carbonyl (C=O) groups is 2. The largest absolute Gasteiger partial charge is 0.465 e. The molecule has 0 spiro atoms. The molecule has 4 nitrogen and oxygen atoms in total. The molecular weight excluding hydrogens is 335 g/mol. The third-order valence-electron chi connectivity index (χ3n) is 3.17. The lowest BCUT2D eigenvalue weighted by Gasteiger charge is -2.24. The predicted octanol–water partition coefficient (Wildman–Crippen LogP) is 2.33. The highest BCUT2D eigenvalue weighted by Crippen LogP contribution is 2.44. The molecule has 0 aliphatic heterocycles. The maximum Gasteiger partial charge on any atom is 0.323 e. The zero-order valence-electron chi connectivity index (χ0n) is 10.3. The molecule has 1 fully saturated rings. The average Bonchev–Trinajstić information content (AvgIpc) is 2.75. The molecule has 17 heavy (non-hydrogen) atoms. The number of ether oxygens (including phenoxy) is 2. The van der Waals surface area contributed by atoms with Gasteiger partial charge in [0.25, 0.3) is 0 Å². The van der Waals surface area contributed by atoms with Crippen LogP contribution in [0.1, 0.15) is 33.1 Å². The fraction of sp³-hybridized carbons (Fsp3) is 0.833. The van der Waals surface area contributed by atoms with Crippen molar-refractivity contribution in [2.45, 2.75) is 33.1 Å². The van der Waals surface area contributed by atoms with Crippen LogP contribution in [-0.4, -0.2) is 29.6 Å². The lowest BCUT2D eigenvalue weighted by Crippen LogP contribution is -2.40. The Labute approximate surface area is 116 Å². The van der Waals surface area contributed by atoms with Crippen molar-refractivity contribution in [3.8, 4) is 0 Å². The zero-order valence-corrected chi connectivity index (χ0v) is 12.5. The van der Waals surface area contributed by atoms with Gasteiger partial charge in [-0.3, -0.25) is 9.59 Å². The summed E-state index contributed by atoms with van der Waals surface area (Å²) in [6.45, 7) is 4.10. The van der Waals surface area contributed by atoms with Crippen LogP contribution in [0.15, 0.2) is 0 Å². The summed E-state index contributed by atoms with van der Waals surface area (Å²) < 4.78 is 11.1. The molecule has 0 radical (unpaired) electrons. The summed E-state index contributed by atoms with van der Waals surface area (Å²) in [5, 5.41) is 0. The number of hydrogen-bond donors (Lipinski definition) is 0. The Morgan fingerprint density at radius 2 is 1.76 bits per heavy atom. The first kappa shape index (κ1) is 14.7. The van der Waals surface area contributed by atoms with E-state index in [1.54, 1.807) is 13.8 Å². The minimum Gasteiger partial charge on any atom is -0.465 e. The Morgan fingerprint density at radius 3 is 2.12 bits per heavy atom. The topological polar surface area (TPSA) is 52.6 Å². The van der Waals surface area contributed by atoms with E-state index in [2.05, 4.69) is 22.6 Å². The fourth-order valence-electron chi connectivity index (χ4n) is 2.27. The Bertz CT molecular complexity index is 272. The van der Waals surface area contributed by atoms with Crippen LogP contribution < -0.4 is 0 Å². The van der Waals surface area contributed by atoms with Gasteiger partial charge in [0, 0.05) is 4.43 Å². The molecule has 0 bridgehead atoms. The van der Waals surface area contributed by atoms with Gasteiger partial charge >= 0.3 is 11.9 Å². The SMILES string of the molecule is CCOC(=O)C1(C(=O)OCC)CCC(CI)C1. The first-order valence-corrected chi connectivity index (χ1v) is 7.53. The fourth-order valence-corrected chi connectivity index (χ4v) is 3.02. The van der Waals surface area contributed by atoms with E-state index in [-0.39, 0.29) is 0 Å². The molecule has 0 aromatic carbocycles. The number of carbonyl (C=O) groups excluding carboxylic acids is 2. The van der Waals surface area contributed by atoms with Gasteiger partial charge in [-0.15, -0.1) is 0 Å². The van der Waals surface area contributed by atoms with Crippen molar-refractivity contribution in [1.82, 2.24) is 0 Å². The van der Waals surface area contributed by atoms with Gasteiger partial charge in [0.05, 0.1) is 13.2 Å². The average molecular weight is 354 g/mol. The molecule has 1 aliphatic carbocycles. The Morgan fingerprint density at radius 1 is 1.24 bits per heavy atom. The third kappa shape index (κ3) is 3.11. The van der Waals surface area contributed by atoms with Crippen LogP contribution in [0.25, 0.3) is 0 Å². The maximum absolute atomic E-state index is 12.0. The summed E-state index contributed by atoms with van der Waals surface area (Å²) in [7, 11) is 0. The van der Waals surface area contributed by atoms with Crippen molar-refractivity contribution < 1.29 is 19.1 Å². The molecule has 0 saturated heterocycles. The molecule has 1 atom stereocenters. The first-order valence-electron chi connectivity index (χ1n) is 6.01. The molecule has 1 saturated carbocycles. The van der Waals surface area contributed by atoms with Gasteiger partial charge in [0.2, 0.25) is 0 Å². The monoisotopic (exact) mass is 354 g/mol. The van der Waals surface area contributed by atoms with Crippen LogP contribution >= 0.6 is 22.6 Å². The van der Waals surface area contributed by atoms with Crippen molar-refractivity contribution in [3.63, 3.8) is 0 Å². The van der Waals surface area contributed by atoms with Gasteiger partial charge in [-0.05, 0) is 39.0 Å². The number of rotatable bonds is 5. The lowest BCUT2D eigenvalue weighted by atomic mass is 9.85. The lowest BCUT2D eigenvalue weighted by molar-refractivity contribution is -0.171. The van der Waals surface area contributed by atoms with E-state index >= 15 is 0 Å². The Hall–Kier alpha value is -0.330. The number of esters is 2. The van der Waals surface area contributed by atoms with E-state index in [1.807, 2.05) is 0 Å². The summed E-state index contributed by atoms with van der Waals surface area (Å²) in [6, 6.07) is 0. The second-order valence-electron chi connectivity index (χ2n) is 4.29. The maximum atomic E-state index is 12.0. The Kier molecular flexibility index (Phi) is 5.69. The second kappa shape index (κ2) is 6.56. The van der Waals surface area contributed by atoms with Crippen molar-refractivity contribution in [2.75, 3.05) is 17.6 Å². The van der Waals surface area contributed by atoms with Crippen LogP contribution in [0.5, 0.6) is 0 Å². The third-order valence-corrected chi connectivity index (χ3v) is 4.41. The van der Waals surface area contributed by atoms with Crippen LogP contribution in [0.3, 0.4) is 0 Å². The van der Waals surface area contributed by atoms with E-state index < -0.39 is 17.4 Å². The van der Waals surface area contributed by atoms with E-state index in [0.717, 1.165) is 10.8 Å². The zero-order chi connectivity index (χ0) is 12.9. The molecule has 98 valence electrons. The second-order valence-corrected chi connectivity index (χ2v) is 5.17. The van der Waals surface area contributed by atoms with E-state index in [9.17, 15) is 9.59 Å². The van der Waals surface area contributed by atoms with Crippen LogP contribution in [-0.2, 0) is 19.1 Å². The van der Waals surface area contributed by atoms with Crippen molar-refractivity contribution >= 4 is 34.5 Å². The standard InChI is InChI=1S/C12H19IO4/c1-3-16-10(14)12(11(15)17-4-2)6-5-9(7-12)8-13/h9H,3-8H2,1-2H3. The molecule has 0 aromatic rings. The van der Waals surface area contributed by atoms with Crippen LogP contribution in [0, 0.1) is 11.3 Å². The van der Waals surface area contributed by atoms with E-state index in [0.29, 0.717) is 32.0 Å². The van der Waals surface area contributed by atoms with Gasteiger partial charge in [-0.25, -0.2) is 0 Å². The minimum atomic E-state index is -1.04. The Balaban J connectivity index is 2.86. The molecule has 0 heterocycles. The highest BCUT2D eigenvalue weighted by Gasteiger charge is 2.53. The minimum absolute atomic E-state index is 0.300. The molecule has 1 unspecified atom stereocenters. The van der Waals surface area contributed by atoms with Gasteiger partial charge < -0.3 is 9.47 Å². The van der Waals surface area contributed by atoms with Gasteiger partial charge in [-0.2, -0.15) is 0 Å². The van der Waals surface area contributed by atoms with Crippen molar-refractivity contribution in [2.24, 2.45) is 11.3 Å². The summed E-state index contributed by atoms with van der Waals surface area (Å²) in [4.78, 5) is 24.0. The highest BCUT2D eigenvalue weighted by molar-refractivity contribution is 14.1. The molecule has 0 N–H and O–H groups in total. The van der Waals surface area contributed by atoms with E-state index in [1.165, 1.54) is 0 Å². The molecule has 0 aromatic heterocycles. The van der Waals surface area contributed by atoms with Gasteiger partial charge in [0.15, 0.2) is 5.41 Å². The van der Waals surface area contributed by atoms with Gasteiger partial charge in [-0.1, -0.05) is 22.6 Å². The predicted molar refractivity (Wildman–Crippen MR) is 71.9 cm³/mol. The van der Waals surface area contributed by atoms with Crippen LogP contribution in [0.2, 0.25) is 0 Å². The smallest absolute Gasteiger partial charge is 0.323 e. The molecular formula is C12H19IO4. The molecule has 1 rings (SSSR count).